The van der Waals surface area contributed by atoms with Crippen molar-refractivity contribution >= 4 is 76.1 Å². The number of carbonyl (C=O) groups is 4. The third-order valence-electron chi connectivity index (χ3n) is 7.87. The van der Waals surface area contributed by atoms with E-state index in [9.17, 15) is 19.2 Å². The highest BCUT2D eigenvalue weighted by molar-refractivity contribution is 6.42. The van der Waals surface area contributed by atoms with Gasteiger partial charge in [0.1, 0.15) is 6.29 Å². The first-order valence-corrected chi connectivity index (χ1v) is 17.6. The Balaban J connectivity index is 2.11. The molecule has 0 aliphatic rings. The monoisotopic (exact) mass is 758 g/mol. The van der Waals surface area contributed by atoms with E-state index in [4.69, 9.17) is 57.0 Å². The number of hydrogen-bond acceptors (Lipinski definition) is 8. The molecule has 15 heteroatoms. The predicted octanol–water partition coefficient (Wildman–Crippen LogP) is 5.48. The molecular weight excluding hydrogens is 714 g/mol. The molecule has 2 rings (SSSR count). The molecule has 0 fully saturated rings. The number of oxime groups is 1. The van der Waals surface area contributed by atoms with Crippen LogP contribution in [0.15, 0.2) is 41.6 Å². The average Bonchev–Trinajstić information content (AvgIpc) is 3.06. The number of primary amides is 1. The third-order valence-corrected chi connectivity index (χ3v) is 9.04. The summed E-state index contributed by atoms with van der Waals surface area (Å²) in [6.45, 7) is 3.77. The number of hydrogen-bond donors (Lipinski definition) is 4. The number of rotatable bonds is 23. The lowest BCUT2D eigenvalue weighted by Crippen LogP contribution is -2.36. The molecule has 0 aliphatic heterocycles. The van der Waals surface area contributed by atoms with Crippen LogP contribution in [0.5, 0.6) is 0 Å². The number of aldehydes is 1. The maximum atomic E-state index is 13.4. The van der Waals surface area contributed by atoms with Gasteiger partial charge in [0.25, 0.3) is 11.8 Å². The molecule has 0 bridgehead atoms. The van der Waals surface area contributed by atoms with Crippen molar-refractivity contribution < 1.29 is 24.0 Å². The van der Waals surface area contributed by atoms with Crippen LogP contribution >= 0.6 is 46.4 Å². The van der Waals surface area contributed by atoms with Crippen molar-refractivity contribution in [3.63, 3.8) is 0 Å². The summed E-state index contributed by atoms with van der Waals surface area (Å²) in [7, 11) is 3.18. The first kappa shape index (κ1) is 42.2. The Morgan fingerprint density at radius 2 is 1.67 bits per heavy atom. The lowest BCUT2D eigenvalue weighted by molar-refractivity contribution is -0.124. The summed E-state index contributed by atoms with van der Waals surface area (Å²) in [4.78, 5) is 54.5. The molecule has 11 nitrogen and oxygen atoms in total. The number of benzene rings is 2. The maximum absolute atomic E-state index is 13.4. The topological polar surface area (TPSA) is 155 Å². The highest BCUT2D eigenvalue weighted by Gasteiger charge is 2.24. The Morgan fingerprint density at radius 3 is 2.29 bits per heavy atom. The van der Waals surface area contributed by atoms with Crippen LogP contribution in [0.4, 0.5) is 0 Å². The van der Waals surface area contributed by atoms with E-state index in [1.807, 2.05) is 6.07 Å². The van der Waals surface area contributed by atoms with E-state index in [1.54, 1.807) is 32.3 Å². The molecule has 3 amide bonds. The van der Waals surface area contributed by atoms with Crippen molar-refractivity contribution in [2.24, 2.45) is 16.8 Å². The van der Waals surface area contributed by atoms with Gasteiger partial charge < -0.3 is 36.2 Å². The largest absolute Gasteiger partial charge is 0.386 e. The van der Waals surface area contributed by atoms with Crippen LogP contribution in [0.2, 0.25) is 20.1 Å². The second kappa shape index (κ2) is 22.7. The van der Waals surface area contributed by atoms with Gasteiger partial charge >= 0.3 is 0 Å². The summed E-state index contributed by atoms with van der Waals surface area (Å²) < 4.78 is 0. The van der Waals surface area contributed by atoms with E-state index < -0.39 is 12.5 Å². The van der Waals surface area contributed by atoms with Crippen LogP contribution in [-0.2, 0) is 19.2 Å². The minimum absolute atomic E-state index is 0.0442. The molecule has 2 aromatic carbocycles. The van der Waals surface area contributed by atoms with Gasteiger partial charge in [-0.3, -0.25) is 14.4 Å². The van der Waals surface area contributed by atoms with Crippen molar-refractivity contribution in [2.75, 3.05) is 46.9 Å². The van der Waals surface area contributed by atoms with Crippen molar-refractivity contribution in [3.05, 3.63) is 67.6 Å². The van der Waals surface area contributed by atoms with Gasteiger partial charge in [-0.2, -0.15) is 0 Å². The van der Waals surface area contributed by atoms with Gasteiger partial charge in [-0.25, -0.2) is 0 Å². The average molecular weight is 761 g/mol. The van der Waals surface area contributed by atoms with Gasteiger partial charge in [0.05, 0.1) is 22.3 Å². The summed E-state index contributed by atoms with van der Waals surface area (Å²) in [5.41, 5.74) is 6.85. The van der Waals surface area contributed by atoms with Crippen LogP contribution in [0, 0.1) is 5.92 Å². The molecule has 49 heavy (non-hydrogen) atoms. The molecule has 0 heterocycles. The summed E-state index contributed by atoms with van der Waals surface area (Å²) in [5.74, 6) is -1.84. The van der Waals surface area contributed by atoms with Crippen molar-refractivity contribution in [3.8, 4) is 0 Å². The fraction of sp³-hybridized carbons (Fsp3) is 0.500. The Morgan fingerprint density at radius 1 is 0.980 bits per heavy atom. The summed E-state index contributed by atoms with van der Waals surface area (Å²) in [6, 6.07) is 10.1. The van der Waals surface area contributed by atoms with E-state index in [2.05, 4.69) is 28.0 Å². The van der Waals surface area contributed by atoms with Gasteiger partial charge in [-0.05, 0) is 87.6 Å². The highest BCUT2D eigenvalue weighted by Crippen LogP contribution is 2.30. The number of nitrogens with zero attached hydrogens (tertiary/aromatic N) is 2. The van der Waals surface area contributed by atoms with Crippen molar-refractivity contribution in [1.29, 1.82) is 0 Å². The fourth-order valence-corrected chi connectivity index (χ4v) is 6.01. The lowest BCUT2D eigenvalue weighted by Gasteiger charge is -2.25. The summed E-state index contributed by atoms with van der Waals surface area (Å²) in [5, 5.41) is 15.3. The number of carbonyl (C=O) groups excluding carboxylic acids is 4. The molecule has 5 N–H and O–H groups in total. The molecule has 0 saturated carbocycles. The number of nitrogens with one attached hydrogen (secondary N) is 3. The van der Waals surface area contributed by atoms with Crippen LogP contribution in [-0.4, -0.2) is 87.5 Å². The molecule has 0 aromatic heterocycles. The third kappa shape index (κ3) is 15.7. The van der Waals surface area contributed by atoms with E-state index in [-0.39, 0.29) is 42.7 Å². The van der Waals surface area contributed by atoms with E-state index in [1.165, 1.54) is 17.0 Å². The molecule has 3 unspecified atom stereocenters. The first-order valence-electron chi connectivity index (χ1n) is 16.1. The molecule has 0 aliphatic carbocycles. The molecular formula is C34H46Cl4N6O5. The van der Waals surface area contributed by atoms with Crippen LogP contribution in [0.25, 0.3) is 0 Å². The lowest BCUT2D eigenvalue weighted by atomic mass is 9.90. The second-order valence-electron chi connectivity index (χ2n) is 11.7. The Bertz CT molecular complexity index is 1410. The van der Waals surface area contributed by atoms with Crippen LogP contribution in [0.3, 0.4) is 0 Å². The van der Waals surface area contributed by atoms with Gasteiger partial charge in [0, 0.05) is 54.0 Å². The smallest absolute Gasteiger partial charge is 0.258 e. The quantitative estimate of drug-likeness (QED) is 0.0506. The zero-order valence-electron chi connectivity index (χ0n) is 28.1. The van der Waals surface area contributed by atoms with E-state index in [0.717, 1.165) is 44.2 Å². The van der Waals surface area contributed by atoms with Gasteiger partial charge in [0.2, 0.25) is 5.91 Å². The summed E-state index contributed by atoms with van der Waals surface area (Å²) in [6.07, 6.45) is 4.83. The van der Waals surface area contributed by atoms with E-state index >= 15 is 0 Å². The number of nitrogens with two attached hydrogens (primary N) is 1. The van der Waals surface area contributed by atoms with Gasteiger partial charge in [-0.15, -0.1) is 0 Å². The van der Waals surface area contributed by atoms with Crippen LogP contribution < -0.4 is 21.7 Å². The molecule has 0 saturated heterocycles. The second-order valence-corrected chi connectivity index (χ2v) is 13.4. The Hall–Kier alpha value is -2.93. The molecule has 3 atom stereocenters. The van der Waals surface area contributed by atoms with E-state index in [0.29, 0.717) is 50.8 Å². The number of amides is 3. The van der Waals surface area contributed by atoms with Gasteiger partial charge in [-0.1, -0.05) is 64.5 Å². The minimum Gasteiger partial charge on any atom is -0.386 e. The zero-order chi connectivity index (χ0) is 36.3. The molecule has 2 aromatic rings. The Labute approximate surface area is 308 Å². The van der Waals surface area contributed by atoms with Crippen molar-refractivity contribution in [1.82, 2.24) is 20.9 Å². The predicted molar refractivity (Wildman–Crippen MR) is 197 cm³/mol. The summed E-state index contributed by atoms with van der Waals surface area (Å²) >= 11 is 24.9. The maximum Gasteiger partial charge on any atom is 0.258 e. The standard InChI is InChI=1S/C34H46Cl4N6O5/c1-4-27(42-11-5-6-22(20-45)14-33(47)40-2)9-12-41-13-10-28(23-7-8-29(37)30(38)17-23)31(43-49-21-32(39)46)19-44(3)34(48)24-15-25(35)18-26(36)16-24/h7-8,15-18,20,22,27-28,41-42H,4-6,9-14,19,21H2,1-3H3,(H2,39,46)(H,40,47)/b43-31+. The SMILES string of the molecule is CCC(CCNCCC(/C(CN(C)C(=O)c1cc(Cl)cc(Cl)c1)=N/OCC(N)=O)c1ccc(Cl)c(Cl)c1)NCCCC(C=O)CC(=O)NC. The van der Waals surface area contributed by atoms with Crippen molar-refractivity contribution in [2.45, 2.75) is 57.4 Å². The zero-order valence-corrected chi connectivity index (χ0v) is 31.1. The normalized spacial score (nSPS) is 13.3. The Kier molecular flexibility index (Phi) is 19.6. The minimum atomic E-state index is -0.694. The van der Waals surface area contributed by atoms with Gasteiger partial charge in [0.15, 0.2) is 6.61 Å². The molecule has 0 radical (unpaired) electrons. The first-order chi connectivity index (χ1) is 23.4. The number of halogens is 4. The molecule has 270 valence electrons. The molecule has 0 spiro atoms. The highest BCUT2D eigenvalue weighted by atomic mass is 35.5. The fourth-order valence-electron chi connectivity index (χ4n) is 5.18. The van der Waals surface area contributed by atoms with Crippen LogP contribution in [0.1, 0.15) is 67.3 Å².